The summed E-state index contributed by atoms with van der Waals surface area (Å²) >= 11 is 0. The molecule has 0 unspecified atom stereocenters. The molecule has 31 heavy (non-hydrogen) atoms. The summed E-state index contributed by atoms with van der Waals surface area (Å²) in [7, 11) is 0. The Kier molecular flexibility index (Phi) is 25.9. The molecule has 0 aromatic rings. The minimum absolute atomic E-state index is 0. The summed E-state index contributed by atoms with van der Waals surface area (Å²) in [5.74, 6) is -9.41. The molecule has 0 spiro atoms. The topological polar surface area (TPSA) is 247 Å². The second kappa shape index (κ2) is 20.2. The fourth-order valence-corrected chi connectivity index (χ4v) is 1.62. The first-order chi connectivity index (χ1) is 12.7. The fraction of sp³-hybridized carbons (Fsp3) is 0.571. The van der Waals surface area contributed by atoms with Gasteiger partial charge in [-0.3, -0.25) is 9.80 Å². The van der Waals surface area contributed by atoms with Crippen LogP contribution in [0, 0.1) is 0 Å². The number of hydrogen-bond donors (Lipinski definition) is 0. The van der Waals surface area contributed by atoms with E-state index in [1.807, 2.05) is 0 Å². The number of carbonyl (C=O) groups is 6. The van der Waals surface area contributed by atoms with Gasteiger partial charge in [0.25, 0.3) is 0 Å². The van der Waals surface area contributed by atoms with Crippen molar-refractivity contribution in [1.29, 1.82) is 0 Å². The molecular formula is C14H16Fe3N2O12. The molecule has 0 bridgehead atoms. The Hall–Kier alpha value is -1.70. The smallest absolute Gasteiger partial charge is 0.549 e. The van der Waals surface area contributed by atoms with Gasteiger partial charge in [-0.15, -0.1) is 0 Å². The number of rotatable bonds is 12. The van der Waals surface area contributed by atoms with E-state index in [1.54, 1.807) is 0 Å². The van der Waals surface area contributed by atoms with Crippen molar-refractivity contribution in [3.05, 3.63) is 0 Å². The van der Waals surface area contributed by atoms with Gasteiger partial charge in [-0.05, 0) is 13.8 Å². The van der Waals surface area contributed by atoms with Gasteiger partial charge < -0.3 is 59.4 Å². The van der Waals surface area contributed by atoms with E-state index in [1.165, 1.54) is 0 Å². The monoisotopic (exact) mass is 572 g/mol. The third-order valence-electron chi connectivity index (χ3n) is 3.11. The zero-order valence-corrected chi connectivity index (χ0v) is 19.1. The summed E-state index contributed by atoms with van der Waals surface area (Å²) in [5, 5.41) is 61.2. The molecule has 14 nitrogen and oxygen atoms in total. The second-order valence-corrected chi connectivity index (χ2v) is 5.29. The number of carboxylic acid groups (broad SMARTS) is 6. The van der Waals surface area contributed by atoms with Gasteiger partial charge in [0.1, 0.15) is 0 Å². The quantitative estimate of drug-likeness (QED) is 0.197. The summed E-state index contributed by atoms with van der Waals surface area (Å²) in [4.78, 5) is 62.5. The van der Waals surface area contributed by atoms with Crippen molar-refractivity contribution in [2.45, 2.75) is 25.9 Å². The van der Waals surface area contributed by atoms with E-state index in [0.717, 1.165) is 13.8 Å². The Morgan fingerprint density at radius 3 is 0.774 bits per heavy atom. The Balaban J connectivity index is -0.000000133. The van der Waals surface area contributed by atoms with Crippen LogP contribution in [0.5, 0.6) is 0 Å². The third kappa shape index (κ3) is 21.3. The normalized spacial score (nSPS) is 11.2. The molecule has 0 radical (unpaired) electrons. The molecule has 0 aliphatic heterocycles. The van der Waals surface area contributed by atoms with Crippen molar-refractivity contribution in [3.63, 3.8) is 0 Å². The van der Waals surface area contributed by atoms with Crippen molar-refractivity contribution in [3.8, 4) is 0 Å². The average Bonchev–Trinajstić information content (AvgIpc) is 2.50. The summed E-state index contributed by atoms with van der Waals surface area (Å²) < 4.78 is 0. The van der Waals surface area contributed by atoms with E-state index in [0.29, 0.717) is 9.80 Å². The molecular weight excluding hydrogens is 556 g/mol. The first kappa shape index (κ1) is 39.7. The Bertz CT molecular complexity index is 535. The predicted molar refractivity (Wildman–Crippen MR) is 72.1 cm³/mol. The first-order valence-electron chi connectivity index (χ1n) is 7.38. The molecule has 2 atom stereocenters. The maximum atomic E-state index is 10.3. The summed E-state index contributed by atoms with van der Waals surface area (Å²) in [6, 6.07) is -2.66. The maximum absolute atomic E-state index is 10.3. The molecule has 17 heteroatoms. The zero-order valence-electron chi connectivity index (χ0n) is 15.8. The second-order valence-electron chi connectivity index (χ2n) is 5.29. The van der Waals surface area contributed by atoms with Crippen LogP contribution in [0.3, 0.4) is 0 Å². The van der Waals surface area contributed by atoms with Gasteiger partial charge >= 0.3 is 51.2 Å². The van der Waals surface area contributed by atoms with Gasteiger partial charge in [-0.2, -0.15) is 0 Å². The average molecular weight is 572 g/mol. The van der Waals surface area contributed by atoms with Gasteiger partial charge in [-0.25, -0.2) is 0 Å². The van der Waals surface area contributed by atoms with Crippen LogP contribution in [0.4, 0.5) is 0 Å². The van der Waals surface area contributed by atoms with Gasteiger partial charge in [0.2, 0.25) is 0 Å². The molecule has 0 aromatic heterocycles. The summed E-state index contributed by atoms with van der Waals surface area (Å²) in [6.45, 7) is -0.985. The number of carbonyl (C=O) groups excluding carboxylic acids is 6. The molecule has 0 aliphatic carbocycles. The van der Waals surface area contributed by atoms with Crippen molar-refractivity contribution < 1.29 is 111 Å². The Morgan fingerprint density at radius 2 is 0.677 bits per heavy atom. The fourth-order valence-electron chi connectivity index (χ4n) is 1.62. The van der Waals surface area contributed by atoms with Crippen molar-refractivity contribution >= 4 is 35.8 Å². The third-order valence-corrected chi connectivity index (χ3v) is 3.11. The minimum Gasteiger partial charge on any atom is -0.549 e. The molecule has 0 saturated carbocycles. The van der Waals surface area contributed by atoms with Gasteiger partial charge in [-0.1, -0.05) is 0 Å². The van der Waals surface area contributed by atoms with Crippen LogP contribution in [0.1, 0.15) is 13.8 Å². The van der Waals surface area contributed by atoms with Crippen molar-refractivity contribution in [2.24, 2.45) is 0 Å². The molecule has 0 aliphatic rings. The Morgan fingerprint density at radius 1 is 0.516 bits per heavy atom. The van der Waals surface area contributed by atoms with E-state index in [2.05, 4.69) is 0 Å². The molecule has 0 aromatic carbocycles. The van der Waals surface area contributed by atoms with Crippen LogP contribution in [-0.2, 0) is 80.0 Å². The summed E-state index contributed by atoms with van der Waals surface area (Å²) in [6.07, 6.45) is 0. The van der Waals surface area contributed by atoms with E-state index in [-0.39, 0.29) is 51.2 Å². The van der Waals surface area contributed by atoms with Crippen molar-refractivity contribution in [1.82, 2.24) is 9.80 Å². The van der Waals surface area contributed by atoms with E-state index >= 15 is 0 Å². The van der Waals surface area contributed by atoms with Crippen LogP contribution >= 0.6 is 0 Å². The molecule has 0 heterocycles. The van der Waals surface area contributed by atoms with E-state index < -0.39 is 74.1 Å². The van der Waals surface area contributed by atoms with E-state index in [4.69, 9.17) is 0 Å². The van der Waals surface area contributed by atoms with Crippen molar-refractivity contribution in [2.75, 3.05) is 26.2 Å². The van der Waals surface area contributed by atoms with Crippen LogP contribution in [0.15, 0.2) is 0 Å². The largest absolute Gasteiger partial charge is 2.00 e. The SMILES string of the molecule is C[C@@H](C(=O)[O-])N(CC(=O)[O-])CC(=O)[O-].C[C@@H](C(=O)[O-])N(CC(=O)[O-])CC(=O)[O-].[Fe+2].[Fe+2].[Fe+2]. The summed E-state index contributed by atoms with van der Waals surface area (Å²) in [5.41, 5.74) is 0. The predicted octanol–water partition coefficient (Wildman–Crippen LogP) is -10.2. The van der Waals surface area contributed by atoms with Gasteiger partial charge in [0.05, 0.1) is 35.8 Å². The number of carboxylic acids is 6. The number of hydrogen-bond acceptors (Lipinski definition) is 14. The molecule has 0 N–H and O–H groups in total. The number of aliphatic carboxylic acids is 6. The standard InChI is InChI=1S/2C7H11NO6.3Fe/c2*1-4(7(13)14)8(2-5(9)10)3-6(11)12;;;/h2*4H,2-3H2,1H3,(H,9,10)(H,11,12)(H,13,14);;;/q;;3*+2/p-6/t2*4-;;;/m00.../s1. The number of nitrogens with zero attached hydrogens (tertiary/aromatic N) is 2. The van der Waals surface area contributed by atoms with Crippen LogP contribution in [0.2, 0.25) is 0 Å². The molecule has 0 saturated heterocycles. The van der Waals surface area contributed by atoms with Crippen LogP contribution in [0.25, 0.3) is 0 Å². The molecule has 0 rings (SSSR count). The zero-order chi connectivity index (χ0) is 22.6. The minimum atomic E-state index is -1.57. The van der Waals surface area contributed by atoms with Crippen LogP contribution in [-0.4, -0.2) is 83.9 Å². The molecule has 0 fully saturated rings. The maximum Gasteiger partial charge on any atom is 2.00 e. The first-order valence-corrected chi connectivity index (χ1v) is 7.38. The molecule has 178 valence electrons. The van der Waals surface area contributed by atoms with Crippen LogP contribution < -0.4 is 30.6 Å². The molecule has 0 amide bonds. The van der Waals surface area contributed by atoms with Gasteiger partial charge in [0.15, 0.2) is 0 Å². The van der Waals surface area contributed by atoms with E-state index in [9.17, 15) is 59.4 Å². The Labute approximate surface area is 208 Å². The van der Waals surface area contributed by atoms with Gasteiger partial charge in [0, 0.05) is 38.3 Å².